The monoisotopic (exact) mass is 200 g/mol. The Morgan fingerprint density at radius 1 is 1.64 bits per heavy atom. The van der Waals surface area contributed by atoms with Gasteiger partial charge in [0.25, 0.3) is 0 Å². The highest BCUT2D eigenvalue weighted by Gasteiger charge is 2.17. The second-order valence-corrected chi connectivity index (χ2v) is 3.25. The van der Waals surface area contributed by atoms with Gasteiger partial charge in [0.05, 0.1) is 6.10 Å². The smallest absolute Gasteiger partial charge is 0.306 e. The molecule has 1 atom stereocenters. The molecule has 1 fully saturated rings. The fraction of sp³-hybridized carbons (Fsp3) is 0.700. The summed E-state index contributed by atoms with van der Waals surface area (Å²) in [7, 11) is 0. The quantitative estimate of drug-likeness (QED) is 0.508. The van der Waals surface area contributed by atoms with Crippen molar-refractivity contribution >= 4 is 18.0 Å². The number of carbonyl (C=O) groups is 3. The van der Waals surface area contributed by atoms with Gasteiger partial charge in [0, 0.05) is 19.3 Å². The Kier molecular flexibility index (Phi) is 6.62. The van der Waals surface area contributed by atoms with E-state index in [0.29, 0.717) is 19.3 Å². The van der Waals surface area contributed by atoms with Crippen molar-refractivity contribution in [3.05, 3.63) is 0 Å². The molecule has 0 N–H and O–H groups in total. The minimum atomic E-state index is -0.0486. The van der Waals surface area contributed by atoms with Crippen LogP contribution in [-0.4, -0.2) is 24.1 Å². The number of rotatable bonds is 3. The van der Waals surface area contributed by atoms with Crippen LogP contribution < -0.4 is 0 Å². The van der Waals surface area contributed by atoms with Gasteiger partial charge in [-0.05, 0) is 20.3 Å². The van der Waals surface area contributed by atoms with E-state index in [4.69, 9.17) is 4.74 Å². The maximum absolute atomic E-state index is 10.2. The van der Waals surface area contributed by atoms with Gasteiger partial charge in [-0.3, -0.25) is 4.79 Å². The third kappa shape index (κ3) is 7.46. The highest BCUT2D eigenvalue weighted by molar-refractivity contribution is 5.77. The first-order valence-electron chi connectivity index (χ1n) is 4.68. The van der Waals surface area contributed by atoms with Gasteiger partial charge in [0.1, 0.15) is 12.1 Å². The molecule has 1 rings (SSSR count). The van der Waals surface area contributed by atoms with E-state index in [-0.39, 0.29) is 17.9 Å². The number of aldehydes is 1. The predicted molar refractivity (Wildman–Crippen MR) is 50.8 cm³/mol. The van der Waals surface area contributed by atoms with Crippen LogP contribution in [0.15, 0.2) is 0 Å². The molecule has 0 saturated carbocycles. The Balaban J connectivity index is 0.000000241. The SMILES string of the molecule is CC(=O)CCC=O.CC1CCC(=O)O1. The zero-order valence-electron chi connectivity index (χ0n) is 8.62. The second-order valence-electron chi connectivity index (χ2n) is 3.25. The molecule has 0 spiro atoms. The number of ketones is 1. The lowest BCUT2D eigenvalue weighted by Gasteiger charge is -1.95. The normalized spacial score (nSPS) is 19.3. The van der Waals surface area contributed by atoms with Gasteiger partial charge in [-0.25, -0.2) is 0 Å². The molecule has 1 saturated heterocycles. The van der Waals surface area contributed by atoms with E-state index in [2.05, 4.69) is 0 Å². The van der Waals surface area contributed by atoms with Crippen molar-refractivity contribution < 1.29 is 19.1 Å². The van der Waals surface area contributed by atoms with E-state index < -0.39 is 0 Å². The molecule has 0 aromatic carbocycles. The summed E-state index contributed by atoms with van der Waals surface area (Å²) in [6, 6.07) is 0. The molecule has 80 valence electrons. The Bertz CT molecular complexity index is 210. The summed E-state index contributed by atoms with van der Waals surface area (Å²) in [6.45, 7) is 3.38. The lowest BCUT2D eigenvalue weighted by atomic mass is 10.3. The molecule has 14 heavy (non-hydrogen) atoms. The van der Waals surface area contributed by atoms with Gasteiger partial charge < -0.3 is 14.3 Å². The van der Waals surface area contributed by atoms with Crippen LogP contribution in [0.3, 0.4) is 0 Å². The summed E-state index contributed by atoms with van der Waals surface area (Å²) in [5, 5.41) is 0. The number of ether oxygens (including phenoxy) is 1. The van der Waals surface area contributed by atoms with Crippen LogP contribution in [0, 0.1) is 0 Å². The van der Waals surface area contributed by atoms with Crippen molar-refractivity contribution in [2.45, 2.75) is 45.6 Å². The highest BCUT2D eigenvalue weighted by atomic mass is 16.5. The first-order valence-corrected chi connectivity index (χ1v) is 4.68. The largest absolute Gasteiger partial charge is 0.463 e. The molecule has 0 aromatic rings. The van der Waals surface area contributed by atoms with Crippen molar-refractivity contribution in [3.8, 4) is 0 Å². The molecular formula is C10H16O4. The molecule has 0 bridgehead atoms. The molecule has 1 aliphatic heterocycles. The Morgan fingerprint density at radius 3 is 2.43 bits per heavy atom. The first kappa shape index (κ1) is 12.8. The maximum Gasteiger partial charge on any atom is 0.306 e. The van der Waals surface area contributed by atoms with E-state index in [9.17, 15) is 14.4 Å². The van der Waals surface area contributed by atoms with Crippen LogP contribution >= 0.6 is 0 Å². The summed E-state index contributed by atoms with van der Waals surface area (Å²) >= 11 is 0. The molecule has 0 aliphatic carbocycles. The lowest BCUT2D eigenvalue weighted by molar-refractivity contribution is -0.140. The Morgan fingerprint density at radius 2 is 2.29 bits per heavy atom. The van der Waals surface area contributed by atoms with E-state index >= 15 is 0 Å². The van der Waals surface area contributed by atoms with Gasteiger partial charge in [0.2, 0.25) is 0 Å². The standard InChI is InChI=1S/2C5H8O2/c1-4-2-3-5(6)7-4;1-5(7)3-2-4-6/h2*4H,2-3H2,1H3. The number of Topliss-reactive ketones (excluding diaryl/α,β-unsaturated/α-hetero) is 1. The van der Waals surface area contributed by atoms with Crippen LogP contribution in [0.1, 0.15) is 39.5 Å². The first-order chi connectivity index (χ1) is 6.56. The summed E-state index contributed by atoms with van der Waals surface area (Å²) in [4.78, 5) is 29.8. The van der Waals surface area contributed by atoms with Gasteiger partial charge in [-0.15, -0.1) is 0 Å². The number of esters is 1. The van der Waals surface area contributed by atoms with Crippen molar-refractivity contribution in [1.82, 2.24) is 0 Å². The van der Waals surface area contributed by atoms with Crippen molar-refractivity contribution in [1.29, 1.82) is 0 Å². The third-order valence-electron chi connectivity index (χ3n) is 1.70. The minimum absolute atomic E-state index is 0.0486. The highest BCUT2D eigenvalue weighted by Crippen LogP contribution is 2.11. The summed E-state index contributed by atoms with van der Waals surface area (Å²) in [5.41, 5.74) is 0. The molecule has 4 nitrogen and oxygen atoms in total. The fourth-order valence-electron chi connectivity index (χ4n) is 0.926. The molecule has 0 aromatic heterocycles. The van der Waals surface area contributed by atoms with E-state index in [1.165, 1.54) is 6.92 Å². The fourth-order valence-corrected chi connectivity index (χ4v) is 0.926. The molecule has 0 amide bonds. The molecule has 1 aliphatic rings. The van der Waals surface area contributed by atoms with Crippen molar-refractivity contribution in [2.24, 2.45) is 0 Å². The topological polar surface area (TPSA) is 60.4 Å². The van der Waals surface area contributed by atoms with Gasteiger partial charge >= 0.3 is 5.97 Å². The average Bonchev–Trinajstić information content (AvgIpc) is 2.47. The third-order valence-corrected chi connectivity index (χ3v) is 1.70. The summed E-state index contributed by atoms with van der Waals surface area (Å²) < 4.78 is 4.72. The summed E-state index contributed by atoms with van der Waals surface area (Å²) in [5.74, 6) is 0.0274. The van der Waals surface area contributed by atoms with Crippen LogP contribution in [0.4, 0.5) is 0 Å². The number of hydrogen-bond acceptors (Lipinski definition) is 4. The Hall–Kier alpha value is -1.19. The second kappa shape index (κ2) is 7.24. The number of hydrogen-bond donors (Lipinski definition) is 0. The predicted octanol–water partition coefficient (Wildman–Crippen LogP) is 1.27. The lowest BCUT2D eigenvalue weighted by Crippen LogP contribution is -1.98. The summed E-state index contributed by atoms with van der Waals surface area (Å²) in [6.07, 6.45) is 3.20. The molecule has 1 unspecified atom stereocenters. The van der Waals surface area contributed by atoms with Gasteiger partial charge in [-0.1, -0.05) is 0 Å². The maximum atomic E-state index is 10.2. The molecule has 4 heteroatoms. The zero-order valence-corrected chi connectivity index (χ0v) is 8.62. The molecule has 0 radical (unpaired) electrons. The molecular weight excluding hydrogens is 184 g/mol. The van der Waals surface area contributed by atoms with Gasteiger partial charge in [0.15, 0.2) is 0 Å². The molecule has 1 heterocycles. The average molecular weight is 200 g/mol. The number of carbonyl (C=O) groups excluding carboxylic acids is 3. The van der Waals surface area contributed by atoms with Crippen LogP contribution in [0.5, 0.6) is 0 Å². The van der Waals surface area contributed by atoms with E-state index in [1.807, 2.05) is 6.92 Å². The number of cyclic esters (lactones) is 1. The van der Waals surface area contributed by atoms with E-state index in [0.717, 1.165) is 12.7 Å². The van der Waals surface area contributed by atoms with Gasteiger partial charge in [-0.2, -0.15) is 0 Å². The van der Waals surface area contributed by atoms with Crippen LogP contribution in [-0.2, 0) is 19.1 Å². The van der Waals surface area contributed by atoms with E-state index in [1.54, 1.807) is 0 Å². The van der Waals surface area contributed by atoms with Crippen LogP contribution in [0.25, 0.3) is 0 Å². The van der Waals surface area contributed by atoms with Crippen molar-refractivity contribution in [2.75, 3.05) is 0 Å². The Labute approximate surface area is 83.6 Å². The van der Waals surface area contributed by atoms with Crippen LogP contribution in [0.2, 0.25) is 0 Å². The zero-order chi connectivity index (χ0) is 11.0. The minimum Gasteiger partial charge on any atom is -0.463 e. The van der Waals surface area contributed by atoms with Crippen molar-refractivity contribution in [3.63, 3.8) is 0 Å².